The van der Waals surface area contributed by atoms with Gasteiger partial charge in [-0.3, -0.25) is 0 Å². The Hall–Kier alpha value is -1.02. The Bertz CT molecular complexity index is 474. The molecule has 3 unspecified atom stereocenters. The second-order valence-corrected chi connectivity index (χ2v) is 6.92. The van der Waals surface area contributed by atoms with Gasteiger partial charge in [0, 0.05) is 6.04 Å². The predicted octanol–water partition coefficient (Wildman–Crippen LogP) is 3.96. The normalized spacial score (nSPS) is 28.2. The van der Waals surface area contributed by atoms with E-state index in [2.05, 4.69) is 37.4 Å². The largest absolute Gasteiger partial charge is 0.496 e. The van der Waals surface area contributed by atoms with E-state index >= 15 is 0 Å². The number of aryl methyl sites for hydroxylation is 1. The Balaban J connectivity index is 1.73. The number of methoxy groups -OCH3 is 1. The van der Waals surface area contributed by atoms with Crippen molar-refractivity contribution in [3.63, 3.8) is 0 Å². The monoisotopic (exact) mass is 287 g/mol. The summed E-state index contributed by atoms with van der Waals surface area (Å²) in [7, 11) is 1.79. The van der Waals surface area contributed by atoms with E-state index < -0.39 is 0 Å². The highest BCUT2D eigenvalue weighted by Gasteiger charge is 2.55. The van der Waals surface area contributed by atoms with Crippen LogP contribution in [0.4, 0.5) is 0 Å². The molecule has 1 aromatic rings. The number of nitrogens with one attached hydrogen (secondary N) is 1. The minimum atomic E-state index is 0.635. The van der Waals surface area contributed by atoms with Gasteiger partial charge < -0.3 is 10.1 Å². The minimum Gasteiger partial charge on any atom is -0.496 e. The van der Waals surface area contributed by atoms with Crippen molar-refractivity contribution >= 4 is 0 Å². The predicted molar refractivity (Wildman–Crippen MR) is 87.8 cm³/mol. The topological polar surface area (TPSA) is 21.3 Å². The fourth-order valence-corrected chi connectivity index (χ4v) is 4.45. The first-order valence-corrected chi connectivity index (χ1v) is 8.61. The molecule has 1 aromatic carbocycles. The quantitative estimate of drug-likeness (QED) is 0.819. The molecule has 3 rings (SSSR count). The van der Waals surface area contributed by atoms with Gasteiger partial charge in [-0.2, -0.15) is 0 Å². The van der Waals surface area contributed by atoms with Gasteiger partial charge in [0.1, 0.15) is 5.75 Å². The van der Waals surface area contributed by atoms with Crippen molar-refractivity contribution in [2.75, 3.05) is 13.7 Å². The Morgan fingerprint density at radius 2 is 2.05 bits per heavy atom. The Morgan fingerprint density at radius 1 is 1.29 bits per heavy atom. The number of rotatable bonds is 7. The van der Waals surface area contributed by atoms with Crippen LogP contribution in [0.5, 0.6) is 5.75 Å². The van der Waals surface area contributed by atoms with Crippen molar-refractivity contribution in [1.82, 2.24) is 5.32 Å². The van der Waals surface area contributed by atoms with Crippen LogP contribution in [0.15, 0.2) is 18.2 Å². The van der Waals surface area contributed by atoms with Gasteiger partial charge in [-0.25, -0.2) is 0 Å². The van der Waals surface area contributed by atoms with E-state index in [1.165, 1.54) is 36.8 Å². The highest BCUT2D eigenvalue weighted by Crippen LogP contribution is 2.59. The molecular weight excluding hydrogens is 258 g/mol. The van der Waals surface area contributed by atoms with E-state index in [1.807, 2.05) is 0 Å². The summed E-state index contributed by atoms with van der Waals surface area (Å²) in [6.07, 6.45) is 6.71. The molecule has 21 heavy (non-hydrogen) atoms. The molecule has 0 bridgehead atoms. The second-order valence-electron chi connectivity index (χ2n) is 6.92. The zero-order valence-corrected chi connectivity index (χ0v) is 13.7. The molecule has 116 valence electrons. The van der Waals surface area contributed by atoms with Crippen LogP contribution in [-0.2, 0) is 6.42 Å². The summed E-state index contributed by atoms with van der Waals surface area (Å²) >= 11 is 0. The van der Waals surface area contributed by atoms with Crippen molar-refractivity contribution < 1.29 is 4.74 Å². The standard InChI is InChI=1S/C19H29NO/c1-4-10-20-17(19-15-6-5-7-16(15)19)12-14-11-13(2)8-9-18(14)21-3/h8-9,11,15-17,19-20H,4-7,10,12H2,1-3H3. The molecule has 2 heteroatoms. The molecule has 2 fully saturated rings. The highest BCUT2D eigenvalue weighted by molar-refractivity contribution is 5.37. The van der Waals surface area contributed by atoms with Crippen LogP contribution >= 0.6 is 0 Å². The van der Waals surface area contributed by atoms with Gasteiger partial charge in [-0.05, 0) is 68.5 Å². The molecule has 3 atom stereocenters. The molecule has 0 aliphatic heterocycles. The number of hydrogen-bond acceptors (Lipinski definition) is 2. The fourth-order valence-electron chi connectivity index (χ4n) is 4.45. The minimum absolute atomic E-state index is 0.635. The number of ether oxygens (including phenoxy) is 1. The van der Waals surface area contributed by atoms with Gasteiger partial charge in [0.05, 0.1) is 7.11 Å². The molecule has 2 saturated carbocycles. The van der Waals surface area contributed by atoms with Crippen molar-refractivity contribution in [1.29, 1.82) is 0 Å². The van der Waals surface area contributed by atoms with Crippen LogP contribution in [-0.4, -0.2) is 19.7 Å². The summed E-state index contributed by atoms with van der Waals surface area (Å²) in [6.45, 7) is 5.56. The van der Waals surface area contributed by atoms with Crippen LogP contribution in [0.25, 0.3) is 0 Å². The summed E-state index contributed by atoms with van der Waals surface area (Å²) in [5, 5.41) is 3.82. The van der Waals surface area contributed by atoms with E-state index in [0.717, 1.165) is 36.5 Å². The summed E-state index contributed by atoms with van der Waals surface area (Å²) in [6, 6.07) is 7.20. The Kier molecular flexibility index (Phi) is 4.54. The maximum absolute atomic E-state index is 5.57. The lowest BCUT2D eigenvalue weighted by molar-refractivity contribution is 0.383. The van der Waals surface area contributed by atoms with E-state index in [-0.39, 0.29) is 0 Å². The first-order chi connectivity index (χ1) is 10.2. The highest BCUT2D eigenvalue weighted by atomic mass is 16.5. The molecule has 0 radical (unpaired) electrons. The molecule has 2 aliphatic carbocycles. The van der Waals surface area contributed by atoms with Gasteiger partial charge in [0.25, 0.3) is 0 Å². The molecule has 1 N–H and O–H groups in total. The maximum Gasteiger partial charge on any atom is 0.122 e. The Labute approximate surface area is 129 Å². The van der Waals surface area contributed by atoms with Crippen LogP contribution in [0.2, 0.25) is 0 Å². The Morgan fingerprint density at radius 3 is 2.71 bits per heavy atom. The number of fused-ring (bicyclic) bond motifs is 1. The third kappa shape index (κ3) is 3.11. The molecule has 0 amide bonds. The summed E-state index contributed by atoms with van der Waals surface area (Å²) in [5.41, 5.74) is 2.70. The lowest BCUT2D eigenvalue weighted by atomic mass is 9.95. The maximum atomic E-state index is 5.57. The van der Waals surface area contributed by atoms with Crippen molar-refractivity contribution in [2.45, 2.75) is 52.0 Å². The van der Waals surface area contributed by atoms with Crippen LogP contribution in [0, 0.1) is 24.7 Å². The molecule has 0 heterocycles. The van der Waals surface area contributed by atoms with Crippen molar-refractivity contribution in [2.24, 2.45) is 17.8 Å². The smallest absolute Gasteiger partial charge is 0.122 e. The average Bonchev–Trinajstić information content (AvgIpc) is 2.95. The molecule has 2 nitrogen and oxygen atoms in total. The van der Waals surface area contributed by atoms with Crippen molar-refractivity contribution in [3.05, 3.63) is 29.3 Å². The first kappa shape index (κ1) is 14.9. The summed E-state index contributed by atoms with van der Waals surface area (Å²) < 4.78 is 5.57. The van der Waals surface area contributed by atoms with Gasteiger partial charge in [0.15, 0.2) is 0 Å². The SMILES string of the molecule is CCCNC(Cc1cc(C)ccc1OC)C1C2CCCC21. The van der Waals surface area contributed by atoms with Gasteiger partial charge >= 0.3 is 0 Å². The van der Waals surface area contributed by atoms with E-state index in [9.17, 15) is 0 Å². The zero-order chi connectivity index (χ0) is 14.8. The second kappa shape index (κ2) is 6.39. The summed E-state index contributed by atoms with van der Waals surface area (Å²) in [4.78, 5) is 0. The third-order valence-corrected chi connectivity index (χ3v) is 5.47. The zero-order valence-electron chi connectivity index (χ0n) is 13.7. The third-order valence-electron chi connectivity index (χ3n) is 5.47. The lowest BCUT2D eigenvalue weighted by Crippen LogP contribution is -2.35. The first-order valence-electron chi connectivity index (χ1n) is 8.61. The lowest BCUT2D eigenvalue weighted by Gasteiger charge is -2.22. The molecule has 2 aliphatic rings. The van der Waals surface area contributed by atoms with E-state index in [4.69, 9.17) is 4.74 Å². The fraction of sp³-hybridized carbons (Fsp3) is 0.684. The van der Waals surface area contributed by atoms with E-state index in [1.54, 1.807) is 7.11 Å². The molecular formula is C19H29NO. The van der Waals surface area contributed by atoms with Crippen LogP contribution in [0.3, 0.4) is 0 Å². The van der Waals surface area contributed by atoms with Gasteiger partial charge in [-0.1, -0.05) is 31.0 Å². The number of hydrogen-bond donors (Lipinski definition) is 1. The van der Waals surface area contributed by atoms with Crippen LogP contribution in [0.1, 0.15) is 43.7 Å². The number of benzene rings is 1. The summed E-state index contributed by atoms with van der Waals surface area (Å²) in [5.74, 6) is 3.98. The van der Waals surface area contributed by atoms with E-state index in [0.29, 0.717) is 6.04 Å². The molecule has 0 aromatic heterocycles. The molecule has 0 saturated heterocycles. The van der Waals surface area contributed by atoms with Crippen LogP contribution < -0.4 is 10.1 Å². The average molecular weight is 287 g/mol. The molecule has 0 spiro atoms. The van der Waals surface area contributed by atoms with Gasteiger partial charge in [0.2, 0.25) is 0 Å². The van der Waals surface area contributed by atoms with Crippen molar-refractivity contribution in [3.8, 4) is 5.75 Å². The van der Waals surface area contributed by atoms with Gasteiger partial charge in [-0.15, -0.1) is 0 Å².